The van der Waals surface area contributed by atoms with Crippen LogP contribution in [0.15, 0.2) is 42.5 Å². The molecule has 2 aromatic rings. The topological polar surface area (TPSA) is 75.7 Å². The molecule has 0 bridgehead atoms. The number of nitrogens with one attached hydrogen (secondary N) is 1. The molecule has 6 nitrogen and oxygen atoms in total. The predicted molar refractivity (Wildman–Crippen MR) is 105 cm³/mol. The number of nitrogens with zero attached hydrogens (tertiary/aromatic N) is 1. The van der Waals surface area contributed by atoms with Crippen LogP contribution in [-0.2, 0) is 14.8 Å². The van der Waals surface area contributed by atoms with Crippen LogP contribution < -0.4 is 14.4 Å². The second-order valence-electron chi connectivity index (χ2n) is 5.60. The van der Waals surface area contributed by atoms with Crippen molar-refractivity contribution < 1.29 is 17.9 Å². The fourth-order valence-corrected chi connectivity index (χ4v) is 2.80. The number of amides is 1. The molecule has 1 amide bonds. The smallest absolute Gasteiger partial charge is 0.265 e. The van der Waals surface area contributed by atoms with E-state index < -0.39 is 16.1 Å². The van der Waals surface area contributed by atoms with Crippen LogP contribution in [0.3, 0.4) is 0 Å². The molecule has 26 heavy (non-hydrogen) atoms. The predicted octanol–water partition coefficient (Wildman–Crippen LogP) is 3.80. The summed E-state index contributed by atoms with van der Waals surface area (Å²) in [5.41, 5.74) is 0.998. The van der Waals surface area contributed by atoms with E-state index in [1.807, 2.05) is 0 Å². The van der Waals surface area contributed by atoms with E-state index in [2.05, 4.69) is 5.32 Å². The van der Waals surface area contributed by atoms with Crippen molar-refractivity contribution in [3.63, 3.8) is 0 Å². The highest BCUT2D eigenvalue weighted by molar-refractivity contribution is 7.92. The summed E-state index contributed by atoms with van der Waals surface area (Å²) in [5, 5.41) is 3.42. The molecular formula is C17H18Cl2N2O4S. The van der Waals surface area contributed by atoms with Gasteiger partial charge >= 0.3 is 0 Å². The van der Waals surface area contributed by atoms with Crippen LogP contribution in [-0.4, -0.2) is 33.7 Å². The Bertz CT molecular complexity index is 901. The Labute approximate surface area is 162 Å². The molecule has 0 heterocycles. The number of carbonyl (C=O) groups is 1. The Kier molecular flexibility index (Phi) is 6.39. The van der Waals surface area contributed by atoms with Gasteiger partial charge in [-0.25, -0.2) is 8.42 Å². The molecule has 0 aliphatic heterocycles. The number of halogens is 2. The first-order valence-corrected chi connectivity index (χ1v) is 10.1. The molecule has 0 spiro atoms. The van der Waals surface area contributed by atoms with Gasteiger partial charge in [-0.2, -0.15) is 0 Å². The van der Waals surface area contributed by atoms with Crippen molar-refractivity contribution in [2.45, 2.75) is 13.0 Å². The summed E-state index contributed by atoms with van der Waals surface area (Å²) in [6.45, 7) is 1.60. The summed E-state index contributed by atoms with van der Waals surface area (Å²) in [6.07, 6.45) is 0.343. The highest BCUT2D eigenvalue weighted by atomic mass is 35.5. The van der Waals surface area contributed by atoms with Gasteiger partial charge in [0.05, 0.1) is 22.0 Å². The van der Waals surface area contributed by atoms with Gasteiger partial charge in [-0.15, -0.1) is 0 Å². The van der Waals surface area contributed by atoms with Crippen LogP contribution in [0, 0.1) is 0 Å². The van der Waals surface area contributed by atoms with E-state index in [0.717, 1.165) is 10.6 Å². The number of hydrogen-bond acceptors (Lipinski definition) is 4. The average molecular weight is 417 g/mol. The number of sulfonamides is 1. The lowest BCUT2D eigenvalue weighted by molar-refractivity contribution is -0.122. The molecule has 0 aromatic heterocycles. The van der Waals surface area contributed by atoms with Gasteiger partial charge in [-0.3, -0.25) is 9.10 Å². The maximum Gasteiger partial charge on any atom is 0.265 e. The Hall–Kier alpha value is -1.96. The Morgan fingerprint density at radius 3 is 2.27 bits per heavy atom. The zero-order chi connectivity index (χ0) is 19.5. The fourth-order valence-electron chi connectivity index (χ4n) is 2.00. The molecule has 0 saturated carbocycles. The lowest BCUT2D eigenvalue weighted by atomic mass is 10.2. The van der Waals surface area contributed by atoms with Gasteiger partial charge in [-0.05, 0) is 49.4 Å². The van der Waals surface area contributed by atoms with Gasteiger partial charge in [0, 0.05) is 12.7 Å². The molecule has 0 aliphatic carbocycles. The quantitative estimate of drug-likeness (QED) is 0.776. The fraction of sp³-hybridized carbons (Fsp3) is 0.235. The largest absolute Gasteiger partial charge is 0.481 e. The molecule has 1 atom stereocenters. The van der Waals surface area contributed by atoms with Crippen molar-refractivity contribution in [1.82, 2.24) is 0 Å². The van der Waals surface area contributed by atoms with Crippen molar-refractivity contribution in [3.05, 3.63) is 52.5 Å². The van der Waals surface area contributed by atoms with Crippen molar-refractivity contribution in [1.29, 1.82) is 0 Å². The molecular weight excluding hydrogens is 399 g/mol. The number of benzene rings is 2. The van der Waals surface area contributed by atoms with Crippen molar-refractivity contribution >= 4 is 50.5 Å². The van der Waals surface area contributed by atoms with Gasteiger partial charge < -0.3 is 10.1 Å². The first-order chi connectivity index (χ1) is 12.1. The van der Waals surface area contributed by atoms with Crippen molar-refractivity contribution in [3.8, 4) is 5.75 Å². The molecule has 9 heteroatoms. The van der Waals surface area contributed by atoms with E-state index in [1.165, 1.54) is 7.05 Å². The van der Waals surface area contributed by atoms with Gasteiger partial charge in [0.25, 0.3) is 5.91 Å². The number of rotatable bonds is 6. The minimum atomic E-state index is -3.34. The third kappa shape index (κ3) is 5.27. The Morgan fingerprint density at radius 1 is 1.12 bits per heavy atom. The molecule has 1 N–H and O–H groups in total. The maximum atomic E-state index is 12.2. The molecule has 0 saturated heterocycles. The SMILES string of the molecule is CC(Oc1ccc(N(C)S(C)(=O)=O)cc1)C(=O)Nc1ccc(Cl)c(Cl)c1. The van der Waals surface area contributed by atoms with E-state index in [0.29, 0.717) is 27.2 Å². The van der Waals surface area contributed by atoms with E-state index in [1.54, 1.807) is 49.4 Å². The van der Waals surface area contributed by atoms with E-state index in [4.69, 9.17) is 27.9 Å². The van der Waals surface area contributed by atoms with E-state index in [9.17, 15) is 13.2 Å². The molecule has 0 radical (unpaired) electrons. The van der Waals surface area contributed by atoms with E-state index in [-0.39, 0.29) is 5.91 Å². The summed E-state index contributed by atoms with van der Waals surface area (Å²) >= 11 is 11.8. The minimum absolute atomic E-state index is 0.337. The van der Waals surface area contributed by atoms with Crippen LogP contribution in [0.5, 0.6) is 5.75 Å². The van der Waals surface area contributed by atoms with Crippen LogP contribution in [0.2, 0.25) is 10.0 Å². The Morgan fingerprint density at radius 2 is 1.73 bits per heavy atom. The third-order valence-corrected chi connectivity index (χ3v) is 5.51. The van der Waals surface area contributed by atoms with Crippen molar-refractivity contribution in [2.75, 3.05) is 22.9 Å². The van der Waals surface area contributed by atoms with Gasteiger partial charge in [-0.1, -0.05) is 23.2 Å². The minimum Gasteiger partial charge on any atom is -0.481 e. The average Bonchev–Trinajstić information content (AvgIpc) is 2.57. The zero-order valence-electron chi connectivity index (χ0n) is 14.4. The summed E-state index contributed by atoms with van der Waals surface area (Å²) in [4.78, 5) is 12.2. The maximum absolute atomic E-state index is 12.2. The number of hydrogen-bond donors (Lipinski definition) is 1. The second kappa shape index (κ2) is 8.16. The number of anilines is 2. The third-order valence-electron chi connectivity index (χ3n) is 3.57. The summed E-state index contributed by atoms with van der Waals surface area (Å²) in [7, 11) is -1.88. The van der Waals surface area contributed by atoms with Crippen LogP contribution in [0.1, 0.15) is 6.92 Å². The lowest BCUT2D eigenvalue weighted by Crippen LogP contribution is -2.30. The zero-order valence-corrected chi connectivity index (χ0v) is 16.7. The second-order valence-corrected chi connectivity index (χ2v) is 8.43. The molecule has 2 aromatic carbocycles. The first kappa shape index (κ1) is 20.4. The molecule has 2 rings (SSSR count). The van der Waals surface area contributed by atoms with Gasteiger partial charge in [0.1, 0.15) is 5.75 Å². The summed E-state index contributed by atoms with van der Waals surface area (Å²) in [5.74, 6) is 0.0770. The first-order valence-electron chi connectivity index (χ1n) is 7.54. The van der Waals surface area contributed by atoms with Crippen molar-refractivity contribution in [2.24, 2.45) is 0 Å². The van der Waals surface area contributed by atoms with Gasteiger partial charge in [0.15, 0.2) is 6.10 Å². The summed E-state index contributed by atoms with van der Waals surface area (Å²) < 4.78 is 29.8. The number of ether oxygens (including phenoxy) is 1. The highest BCUT2D eigenvalue weighted by Gasteiger charge is 2.16. The molecule has 0 aliphatic rings. The number of carbonyl (C=O) groups excluding carboxylic acids is 1. The lowest BCUT2D eigenvalue weighted by Gasteiger charge is -2.18. The monoisotopic (exact) mass is 416 g/mol. The summed E-state index contributed by atoms with van der Waals surface area (Å²) in [6, 6.07) is 11.2. The molecule has 1 unspecified atom stereocenters. The van der Waals surface area contributed by atoms with Crippen LogP contribution in [0.4, 0.5) is 11.4 Å². The van der Waals surface area contributed by atoms with Gasteiger partial charge in [0.2, 0.25) is 10.0 Å². The molecule has 140 valence electrons. The highest BCUT2D eigenvalue weighted by Crippen LogP contribution is 2.25. The standard InChI is InChI=1S/C17H18Cl2N2O4S/c1-11(17(22)20-12-4-9-15(18)16(19)10-12)25-14-7-5-13(6-8-14)21(2)26(3,23)24/h4-11H,1-3H3,(H,20,22). The normalized spacial score (nSPS) is 12.3. The van der Waals surface area contributed by atoms with E-state index >= 15 is 0 Å². The van der Waals surface area contributed by atoms with Crippen LogP contribution in [0.25, 0.3) is 0 Å². The molecule has 0 fully saturated rings. The van der Waals surface area contributed by atoms with Crippen LogP contribution >= 0.6 is 23.2 Å². The Balaban J connectivity index is 2.01.